The lowest BCUT2D eigenvalue weighted by Crippen LogP contribution is -2.23. The van der Waals surface area contributed by atoms with Crippen LogP contribution >= 0.6 is 0 Å². The summed E-state index contributed by atoms with van der Waals surface area (Å²) >= 11 is 0. The second-order valence-electron chi connectivity index (χ2n) is 7.15. The number of carbonyl (C=O) groups excluding carboxylic acids is 3. The lowest BCUT2D eigenvalue weighted by atomic mass is 10.1. The van der Waals surface area contributed by atoms with E-state index in [1.54, 1.807) is 73.1 Å². The molecule has 166 valence electrons. The normalized spacial score (nSPS) is 10.4. The lowest BCUT2D eigenvalue weighted by molar-refractivity contribution is -0.116. The van der Waals surface area contributed by atoms with Crippen LogP contribution in [0.3, 0.4) is 0 Å². The Kier molecular flexibility index (Phi) is 6.60. The Morgan fingerprint density at radius 3 is 2.45 bits per heavy atom. The summed E-state index contributed by atoms with van der Waals surface area (Å²) < 4.78 is 6.60. The van der Waals surface area contributed by atoms with Gasteiger partial charge >= 0.3 is 0 Å². The maximum Gasteiger partial charge on any atom is 0.291 e. The predicted octanol–water partition coefficient (Wildman–Crippen LogP) is 3.30. The van der Waals surface area contributed by atoms with E-state index in [4.69, 9.17) is 4.42 Å². The minimum absolute atomic E-state index is 0.112. The largest absolute Gasteiger partial charge is 0.459 e. The molecule has 9 nitrogen and oxygen atoms in total. The minimum atomic E-state index is -0.399. The van der Waals surface area contributed by atoms with Gasteiger partial charge in [-0.05, 0) is 54.1 Å². The standard InChI is InChI=1S/C24H21N5O4/c30-22(16-29-11-4-10-26-29)27-19-7-1-5-17(13-19)15-25-23(31)18-6-2-8-20(14-18)28-24(32)21-9-3-12-33-21/h1-14H,15-16H2,(H,25,31)(H,27,30)(H,28,32). The molecule has 2 aromatic carbocycles. The van der Waals surface area contributed by atoms with E-state index in [1.807, 2.05) is 6.07 Å². The Labute approximate surface area is 189 Å². The van der Waals surface area contributed by atoms with Gasteiger partial charge in [-0.15, -0.1) is 0 Å². The highest BCUT2D eigenvalue weighted by Crippen LogP contribution is 2.14. The second-order valence-corrected chi connectivity index (χ2v) is 7.15. The monoisotopic (exact) mass is 443 g/mol. The van der Waals surface area contributed by atoms with E-state index in [0.29, 0.717) is 16.9 Å². The summed E-state index contributed by atoms with van der Waals surface area (Å²) in [6.45, 7) is 0.380. The van der Waals surface area contributed by atoms with Crippen LogP contribution in [0.5, 0.6) is 0 Å². The number of amides is 3. The van der Waals surface area contributed by atoms with Crippen molar-refractivity contribution in [1.29, 1.82) is 0 Å². The molecule has 33 heavy (non-hydrogen) atoms. The van der Waals surface area contributed by atoms with Crippen LogP contribution in [0.4, 0.5) is 11.4 Å². The molecule has 0 aliphatic heterocycles. The van der Waals surface area contributed by atoms with Crippen LogP contribution in [0.15, 0.2) is 89.8 Å². The predicted molar refractivity (Wildman–Crippen MR) is 122 cm³/mol. The summed E-state index contributed by atoms with van der Waals surface area (Å²) in [5.41, 5.74) is 2.32. The molecule has 0 unspecified atom stereocenters. The van der Waals surface area contributed by atoms with Crippen molar-refractivity contribution in [2.45, 2.75) is 13.1 Å². The molecular weight excluding hydrogens is 422 g/mol. The highest BCUT2D eigenvalue weighted by atomic mass is 16.3. The first-order valence-corrected chi connectivity index (χ1v) is 10.2. The maximum atomic E-state index is 12.6. The molecular formula is C24H21N5O4. The van der Waals surface area contributed by atoms with E-state index < -0.39 is 5.91 Å². The van der Waals surface area contributed by atoms with E-state index in [2.05, 4.69) is 21.0 Å². The van der Waals surface area contributed by atoms with Gasteiger partial charge in [0.2, 0.25) is 5.91 Å². The van der Waals surface area contributed by atoms with Gasteiger partial charge in [-0.1, -0.05) is 18.2 Å². The molecule has 2 heterocycles. The van der Waals surface area contributed by atoms with Crippen molar-refractivity contribution in [2.24, 2.45) is 0 Å². The van der Waals surface area contributed by atoms with Gasteiger partial charge in [-0.3, -0.25) is 19.1 Å². The van der Waals surface area contributed by atoms with Crippen molar-refractivity contribution in [3.63, 3.8) is 0 Å². The van der Waals surface area contributed by atoms with E-state index in [9.17, 15) is 14.4 Å². The number of rotatable bonds is 8. The van der Waals surface area contributed by atoms with Crippen LogP contribution in [0.1, 0.15) is 26.5 Å². The number of nitrogens with zero attached hydrogens (tertiary/aromatic N) is 2. The number of nitrogens with one attached hydrogen (secondary N) is 3. The van der Waals surface area contributed by atoms with E-state index in [-0.39, 0.29) is 30.7 Å². The average Bonchev–Trinajstić information content (AvgIpc) is 3.52. The zero-order chi connectivity index (χ0) is 23.0. The fraction of sp³-hybridized carbons (Fsp3) is 0.0833. The summed E-state index contributed by atoms with van der Waals surface area (Å²) in [5.74, 6) is -0.712. The Morgan fingerprint density at radius 1 is 0.879 bits per heavy atom. The van der Waals surface area contributed by atoms with Crippen molar-refractivity contribution in [3.05, 3.63) is 102 Å². The average molecular weight is 443 g/mol. The van der Waals surface area contributed by atoms with E-state index >= 15 is 0 Å². The Balaban J connectivity index is 1.32. The number of furan rings is 1. The van der Waals surface area contributed by atoms with Crippen LogP contribution in [0, 0.1) is 0 Å². The molecule has 0 saturated heterocycles. The third-order valence-electron chi connectivity index (χ3n) is 4.66. The third kappa shape index (κ3) is 5.95. The fourth-order valence-corrected chi connectivity index (χ4v) is 3.12. The molecule has 3 N–H and O–H groups in total. The van der Waals surface area contributed by atoms with Crippen LogP contribution in [-0.2, 0) is 17.9 Å². The fourth-order valence-electron chi connectivity index (χ4n) is 3.12. The first-order chi connectivity index (χ1) is 16.1. The highest BCUT2D eigenvalue weighted by Gasteiger charge is 2.11. The number of hydrogen-bond acceptors (Lipinski definition) is 5. The molecule has 2 aromatic heterocycles. The summed E-state index contributed by atoms with van der Waals surface area (Å²) in [4.78, 5) is 36.9. The highest BCUT2D eigenvalue weighted by molar-refractivity contribution is 6.03. The maximum absolute atomic E-state index is 12.6. The van der Waals surface area contributed by atoms with Crippen LogP contribution < -0.4 is 16.0 Å². The zero-order valence-electron chi connectivity index (χ0n) is 17.5. The number of aromatic nitrogens is 2. The summed E-state index contributed by atoms with van der Waals surface area (Å²) in [6, 6.07) is 18.8. The molecule has 0 bridgehead atoms. The molecule has 0 fully saturated rings. The van der Waals surface area contributed by atoms with Crippen molar-refractivity contribution in [2.75, 3.05) is 10.6 Å². The van der Waals surface area contributed by atoms with Crippen molar-refractivity contribution < 1.29 is 18.8 Å². The third-order valence-corrected chi connectivity index (χ3v) is 4.66. The number of anilines is 2. The number of carbonyl (C=O) groups is 3. The van der Waals surface area contributed by atoms with E-state index in [1.165, 1.54) is 10.9 Å². The van der Waals surface area contributed by atoms with Gasteiger partial charge in [0.05, 0.1) is 6.26 Å². The number of benzene rings is 2. The molecule has 0 aliphatic carbocycles. The van der Waals surface area contributed by atoms with Gasteiger partial charge in [0.1, 0.15) is 6.54 Å². The van der Waals surface area contributed by atoms with Crippen LogP contribution in [0.2, 0.25) is 0 Å². The van der Waals surface area contributed by atoms with Crippen molar-refractivity contribution in [1.82, 2.24) is 15.1 Å². The van der Waals surface area contributed by atoms with Gasteiger partial charge in [0, 0.05) is 35.9 Å². The molecule has 0 radical (unpaired) electrons. The van der Waals surface area contributed by atoms with Gasteiger partial charge in [-0.25, -0.2) is 0 Å². The summed E-state index contributed by atoms with van der Waals surface area (Å²) in [5, 5.41) is 12.4. The summed E-state index contributed by atoms with van der Waals surface area (Å²) in [7, 11) is 0. The Bertz CT molecular complexity index is 1250. The molecule has 4 aromatic rings. The number of hydrogen-bond donors (Lipinski definition) is 3. The Morgan fingerprint density at radius 2 is 1.70 bits per heavy atom. The van der Waals surface area contributed by atoms with Gasteiger partial charge in [0.15, 0.2) is 5.76 Å². The molecule has 3 amide bonds. The van der Waals surface area contributed by atoms with Crippen molar-refractivity contribution >= 4 is 29.1 Å². The minimum Gasteiger partial charge on any atom is -0.459 e. The molecule has 0 aliphatic rings. The molecule has 4 rings (SSSR count). The topological polar surface area (TPSA) is 118 Å². The molecule has 0 spiro atoms. The van der Waals surface area contributed by atoms with Crippen LogP contribution in [-0.4, -0.2) is 27.5 Å². The second kappa shape index (κ2) is 10.1. The molecule has 0 saturated carbocycles. The smallest absolute Gasteiger partial charge is 0.291 e. The Hall–Kier alpha value is -4.66. The van der Waals surface area contributed by atoms with Crippen molar-refractivity contribution in [3.8, 4) is 0 Å². The summed E-state index contributed by atoms with van der Waals surface area (Å²) in [6.07, 6.45) is 4.74. The first-order valence-electron chi connectivity index (χ1n) is 10.2. The quantitative estimate of drug-likeness (QED) is 0.386. The lowest BCUT2D eigenvalue weighted by Gasteiger charge is -2.10. The van der Waals surface area contributed by atoms with Gasteiger partial charge < -0.3 is 20.4 Å². The molecule has 0 atom stereocenters. The first kappa shape index (κ1) is 21.6. The SMILES string of the molecule is O=C(Cn1cccn1)Nc1cccc(CNC(=O)c2cccc(NC(=O)c3ccco3)c2)c1. The van der Waals surface area contributed by atoms with Crippen LogP contribution in [0.25, 0.3) is 0 Å². The zero-order valence-corrected chi connectivity index (χ0v) is 17.5. The van der Waals surface area contributed by atoms with Gasteiger partial charge in [0.25, 0.3) is 11.8 Å². The van der Waals surface area contributed by atoms with E-state index in [0.717, 1.165) is 5.56 Å². The van der Waals surface area contributed by atoms with Gasteiger partial charge in [-0.2, -0.15) is 5.10 Å². The molecule has 9 heteroatoms.